The molecule has 2 aliphatic rings. The summed E-state index contributed by atoms with van der Waals surface area (Å²) >= 11 is 3.53. The Hall–Kier alpha value is -0.870. The molecular weight excluding hydrogens is 316 g/mol. The van der Waals surface area contributed by atoms with E-state index >= 15 is 0 Å². The standard InChI is InChI=1S/C16H21BrN2O/c17-15-4-2-1-3-12(15)5-8-16(20)18-13-9-10-19(11-13)14-6-7-14/h1-4,13-14H,5-11H2,(H,18,20)/t13-/m1/s1. The van der Waals surface area contributed by atoms with Crippen LogP contribution < -0.4 is 5.32 Å². The van der Waals surface area contributed by atoms with Gasteiger partial charge in [0.15, 0.2) is 0 Å². The predicted octanol–water partition coefficient (Wildman–Crippen LogP) is 2.73. The molecule has 108 valence electrons. The molecule has 1 aromatic rings. The average molecular weight is 337 g/mol. The summed E-state index contributed by atoms with van der Waals surface area (Å²) in [4.78, 5) is 14.6. The van der Waals surface area contributed by atoms with Crippen LogP contribution >= 0.6 is 15.9 Å². The van der Waals surface area contributed by atoms with E-state index in [0.717, 1.165) is 36.4 Å². The van der Waals surface area contributed by atoms with Gasteiger partial charge < -0.3 is 5.32 Å². The molecule has 1 N–H and O–H groups in total. The zero-order chi connectivity index (χ0) is 13.9. The van der Waals surface area contributed by atoms with Gasteiger partial charge in [-0.3, -0.25) is 9.69 Å². The minimum atomic E-state index is 0.184. The summed E-state index contributed by atoms with van der Waals surface area (Å²) in [7, 11) is 0. The first-order valence-corrected chi connectivity index (χ1v) is 8.28. The van der Waals surface area contributed by atoms with Crippen LogP contribution in [0.1, 0.15) is 31.2 Å². The highest BCUT2D eigenvalue weighted by atomic mass is 79.9. The van der Waals surface area contributed by atoms with Crippen molar-refractivity contribution in [1.82, 2.24) is 10.2 Å². The van der Waals surface area contributed by atoms with Crippen LogP contribution in [0.15, 0.2) is 28.7 Å². The highest BCUT2D eigenvalue weighted by molar-refractivity contribution is 9.10. The van der Waals surface area contributed by atoms with E-state index in [2.05, 4.69) is 32.2 Å². The molecule has 0 bridgehead atoms. The third-order valence-electron chi connectivity index (χ3n) is 4.23. The van der Waals surface area contributed by atoms with E-state index in [-0.39, 0.29) is 5.91 Å². The molecule has 1 saturated heterocycles. The van der Waals surface area contributed by atoms with E-state index < -0.39 is 0 Å². The number of nitrogens with zero attached hydrogens (tertiary/aromatic N) is 1. The predicted molar refractivity (Wildman–Crippen MR) is 83.6 cm³/mol. The van der Waals surface area contributed by atoms with Crippen molar-refractivity contribution in [2.24, 2.45) is 0 Å². The number of benzene rings is 1. The summed E-state index contributed by atoms with van der Waals surface area (Å²) in [5.74, 6) is 0.184. The minimum absolute atomic E-state index is 0.184. The first-order valence-electron chi connectivity index (χ1n) is 7.49. The molecule has 0 unspecified atom stereocenters. The quantitative estimate of drug-likeness (QED) is 0.896. The van der Waals surface area contributed by atoms with Crippen LogP contribution in [0, 0.1) is 0 Å². The maximum Gasteiger partial charge on any atom is 0.220 e. The lowest BCUT2D eigenvalue weighted by molar-refractivity contribution is -0.121. The number of carbonyl (C=O) groups is 1. The van der Waals surface area contributed by atoms with Crippen LogP contribution in [0.25, 0.3) is 0 Å². The number of aryl methyl sites for hydroxylation is 1. The third kappa shape index (κ3) is 3.61. The smallest absolute Gasteiger partial charge is 0.220 e. The van der Waals surface area contributed by atoms with Crippen LogP contribution in [0.4, 0.5) is 0 Å². The third-order valence-corrected chi connectivity index (χ3v) is 5.00. The second-order valence-electron chi connectivity index (χ2n) is 5.87. The molecular formula is C16H21BrN2O. The number of hydrogen-bond acceptors (Lipinski definition) is 2. The fourth-order valence-electron chi connectivity index (χ4n) is 2.93. The maximum atomic E-state index is 12.0. The molecule has 1 heterocycles. The van der Waals surface area contributed by atoms with E-state index in [0.29, 0.717) is 12.5 Å². The van der Waals surface area contributed by atoms with Gasteiger partial charge in [-0.2, -0.15) is 0 Å². The van der Waals surface area contributed by atoms with Gasteiger partial charge in [-0.1, -0.05) is 34.1 Å². The molecule has 1 aromatic carbocycles. The number of hydrogen-bond donors (Lipinski definition) is 1. The first-order chi connectivity index (χ1) is 9.72. The molecule has 1 aliphatic carbocycles. The van der Waals surface area contributed by atoms with Gasteiger partial charge in [-0.25, -0.2) is 0 Å². The molecule has 3 nitrogen and oxygen atoms in total. The Morgan fingerprint density at radius 2 is 2.10 bits per heavy atom. The first kappa shape index (κ1) is 14.1. The van der Waals surface area contributed by atoms with Gasteiger partial charge in [0.1, 0.15) is 0 Å². The monoisotopic (exact) mass is 336 g/mol. The molecule has 1 aliphatic heterocycles. The lowest BCUT2D eigenvalue weighted by atomic mass is 10.1. The fourth-order valence-corrected chi connectivity index (χ4v) is 3.41. The fraction of sp³-hybridized carbons (Fsp3) is 0.562. The number of halogens is 1. The highest BCUT2D eigenvalue weighted by Crippen LogP contribution is 2.29. The number of nitrogens with one attached hydrogen (secondary N) is 1. The summed E-state index contributed by atoms with van der Waals surface area (Å²) in [6, 6.07) is 9.29. The zero-order valence-corrected chi connectivity index (χ0v) is 13.2. The molecule has 4 heteroatoms. The Labute approximate surface area is 128 Å². The Kier molecular flexibility index (Phi) is 4.41. The van der Waals surface area contributed by atoms with Gasteiger partial charge in [0.25, 0.3) is 0 Å². The van der Waals surface area contributed by atoms with Crippen LogP contribution in [0.3, 0.4) is 0 Å². The Morgan fingerprint density at radius 1 is 1.30 bits per heavy atom. The molecule has 1 amide bonds. The van der Waals surface area contributed by atoms with Crippen molar-refractivity contribution in [3.05, 3.63) is 34.3 Å². The second kappa shape index (κ2) is 6.27. The van der Waals surface area contributed by atoms with Crippen molar-refractivity contribution in [2.45, 2.75) is 44.2 Å². The molecule has 0 aromatic heterocycles. The van der Waals surface area contributed by atoms with E-state index in [9.17, 15) is 4.79 Å². The van der Waals surface area contributed by atoms with E-state index in [1.54, 1.807) is 0 Å². The Balaban J connectivity index is 1.42. The summed E-state index contributed by atoms with van der Waals surface area (Å²) in [6.45, 7) is 2.20. The van der Waals surface area contributed by atoms with Crippen molar-refractivity contribution < 1.29 is 4.79 Å². The molecule has 0 spiro atoms. The second-order valence-corrected chi connectivity index (χ2v) is 6.72. The van der Waals surface area contributed by atoms with Crippen molar-refractivity contribution in [2.75, 3.05) is 13.1 Å². The topological polar surface area (TPSA) is 32.3 Å². The number of rotatable bonds is 5. The van der Waals surface area contributed by atoms with E-state index in [4.69, 9.17) is 0 Å². The van der Waals surface area contributed by atoms with Gasteiger partial charge in [-0.05, 0) is 37.3 Å². The number of carbonyl (C=O) groups excluding carboxylic acids is 1. The number of likely N-dealkylation sites (tertiary alicyclic amines) is 1. The lowest BCUT2D eigenvalue weighted by Crippen LogP contribution is -2.37. The lowest BCUT2D eigenvalue weighted by Gasteiger charge is -2.15. The van der Waals surface area contributed by atoms with Crippen molar-refractivity contribution in [1.29, 1.82) is 0 Å². The van der Waals surface area contributed by atoms with Crippen LogP contribution in [-0.2, 0) is 11.2 Å². The van der Waals surface area contributed by atoms with Crippen LogP contribution in [0.5, 0.6) is 0 Å². The van der Waals surface area contributed by atoms with Crippen molar-refractivity contribution in [3.63, 3.8) is 0 Å². The minimum Gasteiger partial charge on any atom is -0.352 e. The molecule has 2 fully saturated rings. The largest absolute Gasteiger partial charge is 0.352 e. The van der Waals surface area contributed by atoms with Crippen LogP contribution in [0.2, 0.25) is 0 Å². The average Bonchev–Trinajstić information content (AvgIpc) is 3.19. The molecule has 0 radical (unpaired) electrons. The SMILES string of the molecule is O=C(CCc1ccccc1Br)N[C@@H]1CCN(C2CC2)C1. The molecule has 20 heavy (non-hydrogen) atoms. The van der Waals surface area contributed by atoms with E-state index in [1.807, 2.05) is 18.2 Å². The summed E-state index contributed by atoms with van der Waals surface area (Å²) < 4.78 is 1.09. The molecule has 1 saturated carbocycles. The molecule has 3 rings (SSSR count). The van der Waals surface area contributed by atoms with Gasteiger partial charge in [0.05, 0.1) is 0 Å². The Morgan fingerprint density at radius 3 is 2.85 bits per heavy atom. The summed E-state index contributed by atoms with van der Waals surface area (Å²) in [6.07, 6.45) is 5.18. The summed E-state index contributed by atoms with van der Waals surface area (Å²) in [5.41, 5.74) is 1.20. The van der Waals surface area contributed by atoms with Crippen LogP contribution in [-0.4, -0.2) is 36.0 Å². The zero-order valence-electron chi connectivity index (χ0n) is 11.6. The van der Waals surface area contributed by atoms with Crippen molar-refractivity contribution >= 4 is 21.8 Å². The van der Waals surface area contributed by atoms with Gasteiger partial charge in [0.2, 0.25) is 5.91 Å². The van der Waals surface area contributed by atoms with Gasteiger partial charge >= 0.3 is 0 Å². The molecule has 1 atom stereocenters. The van der Waals surface area contributed by atoms with Gasteiger partial charge in [-0.15, -0.1) is 0 Å². The summed E-state index contributed by atoms with van der Waals surface area (Å²) in [5, 5.41) is 3.19. The van der Waals surface area contributed by atoms with Crippen molar-refractivity contribution in [3.8, 4) is 0 Å². The Bertz CT molecular complexity index is 487. The van der Waals surface area contributed by atoms with Gasteiger partial charge in [0, 0.05) is 36.1 Å². The number of amides is 1. The van der Waals surface area contributed by atoms with E-state index in [1.165, 1.54) is 18.4 Å². The maximum absolute atomic E-state index is 12.0. The highest BCUT2D eigenvalue weighted by Gasteiger charge is 2.34. The normalized spacial score (nSPS) is 22.9.